The van der Waals surface area contributed by atoms with E-state index in [0.717, 1.165) is 12.3 Å². The lowest BCUT2D eigenvalue weighted by Crippen LogP contribution is -2.30. The molecule has 1 N–H and O–H groups in total. The van der Waals surface area contributed by atoms with Crippen LogP contribution >= 0.6 is 11.6 Å². The van der Waals surface area contributed by atoms with E-state index in [4.69, 9.17) is 11.6 Å². The number of hydrogen-bond donors (Lipinski definition) is 1. The van der Waals surface area contributed by atoms with Crippen molar-refractivity contribution in [1.29, 1.82) is 0 Å². The summed E-state index contributed by atoms with van der Waals surface area (Å²) >= 11 is 5.64. The third-order valence-corrected chi connectivity index (χ3v) is 1.77. The molecule has 1 amide bonds. The summed E-state index contributed by atoms with van der Waals surface area (Å²) in [5, 5.41) is 2.60. The van der Waals surface area contributed by atoms with Crippen molar-refractivity contribution in [1.82, 2.24) is 10.3 Å². The van der Waals surface area contributed by atoms with Crippen molar-refractivity contribution in [2.24, 2.45) is 0 Å². The van der Waals surface area contributed by atoms with Crippen LogP contribution < -0.4 is 5.32 Å². The fourth-order valence-electron chi connectivity index (χ4n) is 0.922. The molecule has 76 valence electrons. The van der Waals surface area contributed by atoms with Gasteiger partial charge >= 0.3 is 0 Å². The topological polar surface area (TPSA) is 42.0 Å². The minimum absolute atomic E-state index is 0.00421. The molecule has 1 heterocycles. The Morgan fingerprint density at radius 1 is 1.64 bits per heavy atom. The molecule has 0 aromatic carbocycles. The van der Waals surface area contributed by atoms with Crippen molar-refractivity contribution in [3.05, 3.63) is 28.8 Å². The Hall–Kier alpha value is -1.16. The lowest BCUT2D eigenvalue weighted by molar-refractivity contribution is 0.0942. The van der Waals surface area contributed by atoms with E-state index in [1.54, 1.807) is 13.8 Å². The maximum absolute atomic E-state index is 12.7. The normalized spacial score (nSPS) is 10.4. The highest BCUT2D eigenvalue weighted by molar-refractivity contribution is 6.32. The summed E-state index contributed by atoms with van der Waals surface area (Å²) < 4.78 is 12.7. The van der Waals surface area contributed by atoms with E-state index >= 15 is 0 Å². The molecule has 1 aromatic rings. The first-order chi connectivity index (χ1) is 6.50. The van der Waals surface area contributed by atoms with Gasteiger partial charge in [-0.1, -0.05) is 11.6 Å². The standard InChI is InChI=1S/C9H10ClFN2O/c1-5(2)13-9(14)7-3-6(11)4-12-8(7)10/h3-5H,1-2H3,(H,13,14). The first kappa shape index (κ1) is 10.9. The third-order valence-electron chi connectivity index (χ3n) is 1.47. The van der Waals surface area contributed by atoms with Gasteiger partial charge in [0.25, 0.3) is 5.91 Å². The first-order valence-corrected chi connectivity index (χ1v) is 4.50. The fraction of sp³-hybridized carbons (Fsp3) is 0.333. The smallest absolute Gasteiger partial charge is 0.254 e. The summed E-state index contributed by atoms with van der Waals surface area (Å²) in [6, 6.07) is 1.04. The van der Waals surface area contributed by atoms with Gasteiger partial charge in [0.1, 0.15) is 11.0 Å². The highest BCUT2D eigenvalue weighted by atomic mass is 35.5. The summed E-state index contributed by atoms with van der Waals surface area (Å²) in [5.74, 6) is -1.000. The van der Waals surface area contributed by atoms with Gasteiger partial charge in [-0.15, -0.1) is 0 Å². The van der Waals surface area contributed by atoms with Crippen molar-refractivity contribution < 1.29 is 9.18 Å². The molecule has 0 spiro atoms. The molecule has 0 saturated carbocycles. The van der Waals surface area contributed by atoms with E-state index in [9.17, 15) is 9.18 Å². The van der Waals surface area contributed by atoms with Crippen molar-refractivity contribution in [2.45, 2.75) is 19.9 Å². The quantitative estimate of drug-likeness (QED) is 0.769. The molecular formula is C9H10ClFN2O. The number of nitrogens with zero attached hydrogens (tertiary/aromatic N) is 1. The van der Waals surface area contributed by atoms with E-state index < -0.39 is 11.7 Å². The lowest BCUT2D eigenvalue weighted by Gasteiger charge is -2.08. The molecule has 0 aliphatic rings. The number of carbonyl (C=O) groups excluding carboxylic acids is 1. The molecule has 0 unspecified atom stereocenters. The van der Waals surface area contributed by atoms with Crippen LogP contribution in [0.1, 0.15) is 24.2 Å². The van der Waals surface area contributed by atoms with E-state index in [-0.39, 0.29) is 16.8 Å². The number of pyridine rings is 1. The average molecular weight is 217 g/mol. The summed E-state index contributed by atoms with van der Waals surface area (Å²) in [5.41, 5.74) is 0.0559. The zero-order valence-corrected chi connectivity index (χ0v) is 8.60. The Morgan fingerprint density at radius 2 is 2.29 bits per heavy atom. The Morgan fingerprint density at radius 3 is 2.86 bits per heavy atom. The Labute approximate surface area is 86.3 Å². The van der Waals surface area contributed by atoms with Crippen molar-refractivity contribution in [2.75, 3.05) is 0 Å². The van der Waals surface area contributed by atoms with Gasteiger partial charge in [-0.3, -0.25) is 4.79 Å². The van der Waals surface area contributed by atoms with Gasteiger partial charge in [0.15, 0.2) is 0 Å². The summed E-state index contributed by atoms with van der Waals surface area (Å²) in [6.07, 6.45) is 0.967. The second kappa shape index (κ2) is 4.37. The molecular weight excluding hydrogens is 207 g/mol. The monoisotopic (exact) mass is 216 g/mol. The molecule has 1 aromatic heterocycles. The van der Waals surface area contributed by atoms with Gasteiger partial charge < -0.3 is 5.32 Å². The highest BCUT2D eigenvalue weighted by Crippen LogP contribution is 2.13. The van der Waals surface area contributed by atoms with E-state index in [2.05, 4.69) is 10.3 Å². The fourth-order valence-corrected chi connectivity index (χ4v) is 1.11. The second-order valence-corrected chi connectivity index (χ2v) is 3.48. The molecule has 0 radical (unpaired) electrons. The predicted molar refractivity (Wildman–Crippen MR) is 51.8 cm³/mol. The number of aromatic nitrogens is 1. The predicted octanol–water partition coefficient (Wildman–Crippen LogP) is 2.01. The van der Waals surface area contributed by atoms with E-state index in [1.165, 1.54) is 0 Å². The maximum atomic E-state index is 12.7. The number of carbonyl (C=O) groups is 1. The number of rotatable bonds is 2. The molecule has 3 nitrogen and oxygen atoms in total. The second-order valence-electron chi connectivity index (χ2n) is 3.12. The van der Waals surface area contributed by atoms with Crippen LogP contribution in [-0.4, -0.2) is 16.9 Å². The van der Waals surface area contributed by atoms with E-state index in [1.807, 2.05) is 0 Å². The van der Waals surface area contributed by atoms with Crippen LogP contribution in [-0.2, 0) is 0 Å². The van der Waals surface area contributed by atoms with Crippen LogP contribution in [0, 0.1) is 5.82 Å². The molecule has 0 bridgehead atoms. The minimum Gasteiger partial charge on any atom is -0.350 e. The lowest BCUT2D eigenvalue weighted by atomic mass is 10.2. The van der Waals surface area contributed by atoms with Gasteiger partial charge in [-0.25, -0.2) is 9.37 Å². The molecule has 0 aliphatic carbocycles. The number of nitrogens with one attached hydrogen (secondary N) is 1. The van der Waals surface area contributed by atoms with E-state index in [0.29, 0.717) is 0 Å². The van der Waals surface area contributed by atoms with Crippen LogP contribution in [0.2, 0.25) is 5.15 Å². The first-order valence-electron chi connectivity index (χ1n) is 4.12. The Kier molecular flexibility index (Phi) is 3.41. The Balaban J connectivity index is 2.94. The summed E-state index contributed by atoms with van der Waals surface area (Å²) in [7, 11) is 0. The Bertz CT molecular complexity index is 355. The van der Waals surface area contributed by atoms with Crippen molar-refractivity contribution >= 4 is 17.5 Å². The van der Waals surface area contributed by atoms with Crippen molar-refractivity contribution in [3.8, 4) is 0 Å². The molecule has 0 saturated heterocycles. The molecule has 5 heteroatoms. The molecule has 0 aliphatic heterocycles. The maximum Gasteiger partial charge on any atom is 0.254 e. The zero-order valence-electron chi connectivity index (χ0n) is 7.84. The average Bonchev–Trinajstić information content (AvgIpc) is 2.08. The zero-order chi connectivity index (χ0) is 10.7. The largest absolute Gasteiger partial charge is 0.350 e. The van der Waals surface area contributed by atoms with Gasteiger partial charge in [0.2, 0.25) is 0 Å². The van der Waals surface area contributed by atoms with Crippen LogP contribution in [0.3, 0.4) is 0 Å². The molecule has 14 heavy (non-hydrogen) atoms. The SMILES string of the molecule is CC(C)NC(=O)c1cc(F)cnc1Cl. The van der Waals surface area contributed by atoms with Gasteiger partial charge in [0.05, 0.1) is 11.8 Å². The van der Waals surface area contributed by atoms with Crippen LogP contribution in [0.4, 0.5) is 4.39 Å². The molecule has 0 atom stereocenters. The highest BCUT2D eigenvalue weighted by Gasteiger charge is 2.12. The number of amides is 1. The summed E-state index contributed by atoms with van der Waals surface area (Å²) in [6.45, 7) is 3.61. The van der Waals surface area contributed by atoms with Gasteiger partial charge in [-0.05, 0) is 19.9 Å². The summed E-state index contributed by atoms with van der Waals surface area (Å²) in [4.78, 5) is 15.0. The number of hydrogen-bond acceptors (Lipinski definition) is 2. The van der Waals surface area contributed by atoms with Gasteiger partial charge in [0, 0.05) is 6.04 Å². The third kappa shape index (κ3) is 2.67. The minimum atomic E-state index is -0.580. The van der Waals surface area contributed by atoms with Gasteiger partial charge in [-0.2, -0.15) is 0 Å². The molecule has 0 fully saturated rings. The molecule has 1 rings (SSSR count). The van der Waals surface area contributed by atoms with Crippen LogP contribution in [0.15, 0.2) is 12.3 Å². The number of halogens is 2. The van der Waals surface area contributed by atoms with Crippen LogP contribution in [0.25, 0.3) is 0 Å². The van der Waals surface area contributed by atoms with Crippen LogP contribution in [0.5, 0.6) is 0 Å². The van der Waals surface area contributed by atoms with Crippen molar-refractivity contribution in [3.63, 3.8) is 0 Å².